The summed E-state index contributed by atoms with van der Waals surface area (Å²) in [7, 11) is 0. The Hall–Kier alpha value is -4.02. The molecule has 144 valence electrons. The van der Waals surface area contributed by atoms with Gasteiger partial charge in [-0.25, -0.2) is 4.68 Å². The topological polar surface area (TPSA) is 144 Å². The summed E-state index contributed by atoms with van der Waals surface area (Å²) in [6.45, 7) is 0.305. The van der Waals surface area contributed by atoms with Crippen LogP contribution in [0, 0.1) is 0 Å². The van der Waals surface area contributed by atoms with E-state index >= 15 is 0 Å². The van der Waals surface area contributed by atoms with Gasteiger partial charge in [0.15, 0.2) is 5.76 Å². The lowest BCUT2D eigenvalue weighted by atomic mass is 10.2. The lowest BCUT2D eigenvalue weighted by Crippen LogP contribution is -2.41. The minimum Gasteiger partial charge on any atom is -0.459 e. The quantitative estimate of drug-likeness (QED) is 0.391. The summed E-state index contributed by atoms with van der Waals surface area (Å²) in [6.07, 6.45) is 3.39. The first-order valence-corrected chi connectivity index (χ1v) is 8.38. The van der Waals surface area contributed by atoms with Crippen LogP contribution in [0.25, 0.3) is 5.69 Å². The van der Waals surface area contributed by atoms with Gasteiger partial charge in [-0.2, -0.15) is 0 Å². The van der Waals surface area contributed by atoms with Gasteiger partial charge in [0.1, 0.15) is 6.33 Å². The molecule has 28 heavy (non-hydrogen) atoms. The van der Waals surface area contributed by atoms with Crippen LogP contribution in [0.3, 0.4) is 0 Å². The number of hydrazine groups is 1. The predicted molar refractivity (Wildman–Crippen MR) is 95.0 cm³/mol. The summed E-state index contributed by atoms with van der Waals surface area (Å²) in [5.74, 6) is -0.958. The van der Waals surface area contributed by atoms with Crippen LogP contribution >= 0.6 is 0 Å². The van der Waals surface area contributed by atoms with Gasteiger partial charge in [0, 0.05) is 18.5 Å². The highest BCUT2D eigenvalue weighted by Crippen LogP contribution is 2.07. The number of tetrazole rings is 1. The van der Waals surface area contributed by atoms with Crippen molar-refractivity contribution in [3.05, 3.63) is 60.3 Å². The average molecular weight is 383 g/mol. The first kappa shape index (κ1) is 18.8. The predicted octanol–water partition coefficient (Wildman–Crippen LogP) is 0.226. The Labute approximate surface area is 159 Å². The van der Waals surface area contributed by atoms with E-state index in [0.717, 1.165) is 0 Å². The third-order valence-corrected chi connectivity index (χ3v) is 3.67. The molecule has 3 aromatic rings. The highest BCUT2D eigenvalue weighted by atomic mass is 16.3. The van der Waals surface area contributed by atoms with E-state index < -0.39 is 5.91 Å². The number of hydrogen-bond donors (Lipinski definition) is 3. The number of carbonyl (C=O) groups is 3. The van der Waals surface area contributed by atoms with E-state index in [2.05, 4.69) is 31.7 Å². The van der Waals surface area contributed by atoms with Crippen LogP contribution < -0.4 is 16.2 Å². The lowest BCUT2D eigenvalue weighted by Gasteiger charge is -2.08. The van der Waals surface area contributed by atoms with Gasteiger partial charge in [-0.05, 0) is 53.2 Å². The molecule has 3 N–H and O–H groups in total. The fraction of sp³-hybridized carbons (Fsp3) is 0.176. The fourth-order valence-electron chi connectivity index (χ4n) is 2.25. The summed E-state index contributed by atoms with van der Waals surface area (Å²) in [5.41, 5.74) is 5.73. The molecule has 11 heteroatoms. The summed E-state index contributed by atoms with van der Waals surface area (Å²) < 4.78 is 6.41. The van der Waals surface area contributed by atoms with Gasteiger partial charge < -0.3 is 9.73 Å². The second-order valence-electron chi connectivity index (χ2n) is 5.64. The van der Waals surface area contributed by atoms with E-state index in [-0.39, 0.29) is 24.0 Å². The molecule has 0 saturated heterocycles. The van der Waals surface area contributed by atoms with Crippen LogP contribution in [0.1, 0.15) is 33.8 Å². The van der Waals surface area contributed by atoms with Gasteiger partial charge in [0.25, 0.3) is 11.8 Å². The summed E-state index contributed by atoms with van der Waals surface area (Å²) >= 11 is 0. The molecular weight excluding hydrogens is 366 g/mol. The van der Waals surface area contributed by atoms with Crippen molar-refractivity contribution >= 4 is 17.7 Å². The SMILES string of the molecule is O=C(CCCNC(=O)c1ccco1)NNC(=O)c1ccc(-n2cnnn2)cc1. The second kappa shape index (κ2) is 9.07. The summed E-state index contributed by atoms with van der Waals surface area (Å²) in [6, 6.07) is 9.69. The number of hydrogen-bond acceptors (Lipinski definition) is 7. The van der Waals surface area contributed by atoms with Crippen molar-refractivity contribution in [2.45, 2.75) is 12.8 Å². The monoisotopic (exact) mass is 383 g/mol. The molecule has 0 fully saturated rings. The Morgan fingerprint density at radius 3 is 2.54 bits per heavy atom. The number of furan rings is 1. The number of amides is 3. The minimum atomic E-state index is -0.456. The first-order valence-electron chi connectivity index (χ1n) is 8.38. The molecule has 0 unspecified atom stereocenters. The molecule has 11 nitrogen and oxygen atoms in total. The fourth-order valence-corrected chi connectivity index (χ4v) is 2.25. The molecule has 0 saturated carbocycles. The maximum absolute atomic E-state index is 12.1. The van der Waals surface area contributed by atoms with Crippen molar-refractivity contribution in [3.63, 3.8) is 0 Å². The number of benzene rings is 1. The van der Waals surface area contributed by atoms with Crippen LogP contribution in [-0.4, -0.2) is 44.5 Å². The van der Waals surface area contributed by atoms with Crippen LogP contribution in [0.15, 0.2) is 53.4 Å². The third kappa shape index (κ3) is 5.00. The lowest BCUT2D eigenvalue weighted by molar-refractivity contribution is -0.121. The van der Waals surface area contributed by atoms with Gasteiger partial charge >= 0.3 is 0 Å². The van der Waals surface area contributed by atoms with E-state index in [9.17, 15) is 14.4 Å². The van der Waals surface area contributed by atoms with Gasteiger partial charge in [-0.1, -0.05) is 0 Å². The average Bonchev–Trinajstić information content (AvgIpc) is 3.43. The normalized spacial score (nSPS) is 10.3. The number of carbonyl (C=O) groups excluding carboxylic acids is 3. The highest BCUT2D eigenvalue weighted by Gasteiger charge is 2.10. The molecule has 2 aromatic heterocycles. The Balaban J connectivity index is 1.36. The van der Waals surface area contributed by atoms with Crippen LogP contribution in [-0.2, 0) is 4.79 Å². The van der Waals surface area contributed by atoms with Crippen LogP contribution in [0.4, 0.5) is 0 Å². The Kier molecular flexibility index (Phi) is 6.08. The standard InChI is InChI=1S/C17H17N7O4/c25-15(4-1-9-18-17(27)14-3-2-10-28-14)20-21-16(26)12-5-7-13(8-6-12)24-11-19-22-23-24/h2-3,5-8,10-11H,1,4,9H2,(H,18,27)(H,20,25)(H,21,26). The maximum atomic E-state index is 12.1. The molecular formula is C17H17N7O4. The zero-order valence-corrected chi connectivity index (χ0v) is 14.7. The molecule has 0 spiro atoms. The molecule has 3 amide bonds. The van der Waals surface area contributed by atoms with Gasteiger partial charge in [-0.3, -0.25) is 25.2 Å². The Bertz CT molecular complexity index is 921. The molecule has 0 bridgehead atoms. The molecule has 3 rings (SSSR count). The molecule has 0 atom stereocenters. The Morgan fingerprint density at radius 2 is 1.86 bits per heavy atom. The van der Waals surface area contributed by atoms with Gasteiger partial charge in [0.05, 0.1) is 12.0 Å². The van der Waals surface area contributed by atoms with E-state index in [1.807, 2.05) is 0 Å². The van der Waals surface area contributed by atoms with E-state index in [0.29, 0.717) is 24.2 Å². The van der Waals surface area contributed by atoms with E-state index in [1.165, 1.54) is 17.3 Å². The van der Waals surface area contributed by atoms with Gasteiger partial charge in [0.2, 0.25) is 5.91 Å². The van der Waals surface area contributed by atoms with E-state index in [4.69, 9.17) is 4.42 Å². The van der Waals surface area contributed by atoms with Crippen molar-refractivity contribution in [1.82, 2.24) is 36.4 Å². The number of rotatable bonds is 7. The number of nitrogens with zero attached hydrogens (tertiary/aromatic N) is 4. The number of nitrogens with one attached hydrogen (secondary N) is 3. The molecule has 2 heterocycles. The van der Waals surface area contributed by atoms with Crippen molar-refractivity contribution in [3.8, 4) is 5.69 Å². The molecule has 0 aliphatic heterocycles. The molecule has 0 aliphatic rings. The van der Waals surface area contributed by atoms with Crippen molar-refractivity contribution < 1.29 is 18.8 Å². The molecule has 0 radical (unpaired) electrons. The van der Waals surface area contributed by atoms with Gasteiger partial charge in [-0.15, -0.1) is 5.10 Å². The number of aromatic nitrogens is 4. The van der Waals surface area contributed by atoms with Crippen molar-refractivity contribution in [1.29, 1.82) is 0 Å². The smallest absolute Gasteiger partial charge is 0.286 e. The second-order valence-corrected chi connectivity index (χ2v) is 5.64. The van der Waals surface area contributed by atoms with Crippen LogP contribution in [0.2, 0.25) is 0 Å². The molecule has 0 aliphatic carbocycles. The van der Waals surface area contributed by atoms with Crippen molar-refractivity contribution in [2.24, 2.45) is 0 Å². The minimum absolute atomic E-state index is 0.136. The third-order valence-electron chi connectivity index (χ3n) is 3.67. The van der Waals surface area contributed by atoms with E-state index in [1.54, 1.807) is 36.4 Å². The first-order chi connectivity index (χ1) is 13.6. The Morgan fingerprint density at radius 1 is 1.04 bits per heavy atom. The molecule has 1 aromatic carbocycles. The zero-order valence-electron chi connectivity index (χ0n) is 14.7. The van der Waals surface area contributed by atoms with Crippen LogP contribution in [0.5, 0.6) is 0 Å². The zero-order chi connectivity index (χ0) is 19.8. The van der Waals surface area contributed by atoms with Crippen molar-refractivity contribution in [2.75, 3.05) is 6.54 Å². The largest absolute Gasteiger partial charge is 0.459 e. The maximum Gasteiger partial charge on any atom is 0.286 e. The summed E-state index contributed by atoms with van der Waals surface area (Å²) in [5, 5.41) is 13.5. The summed E-state index contributed by atoms with van der Waals surface area (Å²) in [4.78, 5) is 35.5. The highest BCUT2D eigenvalue weighted by molar-refractivity contribution is 5.95.